The van der Waals surface area contributed by atoms with Crippen molar-refractivity contribution in [2.75, 3.05) is 6.61 Å². The summed E-state index contributed by atoms with van der Waals surface area (Å²) in [5.41, 5.74) is 1.50. The highest BCUT2D eigenvalue weighted by atomic mass is 32.1. The normalized spacial score (nSPS) is 10.4. The van der Waals surface area contributed by atoms with E-state index in [4.69, 9.17) is 4.74 Å². The van der Waals surface area contributed by atoms with Gasteiger partial charge in [-0.3, -0.25) is 0 Å². The maximum absolute atomic E-state index is 10.5. The van der Waals surface area contributed by atoms with Gasteiger partial charge in [-0.25, -0.2) is 4.98 Å². The molecule has 0 saturated heterocycles. The number of carboxylic acid groups (broad SMARTS) is 1. The Labute approximate surface area is 122 Å². The van der Waals surface area contributed by atoms with Crippen molar-refractivity contribution in [3.8, 4) is 16.3 Å². The molecule has 0 bridgehead atoms. The molecule has 5 heteroatoms. The van der Waals surface area contributed by atoms with Crippen molar-refractivity contribution in [3.05, 3.63) is 35.3 Å². The molecule has 0 saturated carbocycles. The lowest BCUT2D eigenvalue weighted by molar-refractivity contribution is -0.304. The summed E-state index contributed by atoms with van der Waals surface area (Å²) < 4.78 is 5.59. The fraction of sp³-hybridized carbons (Fsp3) is 0.333. The molecule has 0 unspecified atom stereocenters. The largest absolute Gasteiger partial charge is 0.550 e. The van der Waals surface area contributed by atoms with Crippen molar-refractivity contribution < 1.29 is 14.6 Å². The zero-order chi connectivity index (χ0) is 14.4. The third-order valence-corrected chi connectivity index (χ3v) is 3.69. The molecule has 0 aliphatic heterocycles. The molecule has 2 aromatic rings. The standard InChI is InChI=1S/C15H17NO3S/c1-2-3-8-19-13-6-4-11(5-7-13)15-16-12(10-20-15)9-14(17)18/h4-7,10H,2-3,8-9H2,1H3,(H,17,18)/p-1. The van der Waals surface area contributed by atoms with Crippen LogP contribution < -0.4 is 9.84 Å². The molecule has 0 fully saturated rings. The first kappa shape index (κ1) is 14.5. The molecule has 2 rings (SSSR count). The number of carboxylic acids is 1. The smallest absolute Gasteiger partial charge is 0.123 e. The molecule has 4 nitrogen and oxygen atoms in total. The Morgan fingerprint density at radius 3 is 2.75 bits per heavy atom. The molecule has 0 radical (unpaired) electrons. The Morgan fingerprint density at radius 1 is 1.35 bits per heavy atom. The minimum atomic E-state index is -1.11. The molecular weight excluding hydrogens is 274 g/mol. The van der Waals surface area contributed by atoms with Gasteiger partial charge in [0, 0.05) is 23.3 Å². The molecule has 0 aliphatic carbocycles. The third kappa shape index (κ3) is 4.06. The van der Waals surface area contributed by atoms with E-state index in [0.29, 0.717) is 5.69 Å². The van der Waals surface area contributed by atoms with Gasteiger partial charge in [-0.05, 0) is 30.7 Å². The van der Waals surface area contributed by atoms with Crippen LogP contribution in [0.5, 0.6) is 5.75 Å². The van der Waals surface area contributed by atoms with Gasteiger partial charge < -0.3 is 14.6 Å². The number of thiazole rings is 1. The van der Waals surface area contributed by atoms with Crippen LogP contribution in [-0.4, -0.2) is 17.6 Å². The van der Waals surface area contributed by atoms with Gasteiger partial charge in [0.2, 0.25) is 0 Å². The predicted molar refractivity (Wildman–Crippen MR) is 76.7 cm³/mol. The molecule has 106 valence electrons. The summed E-state index contributed by atoms with van der Waals surface area (Å²) >= 11 is 1.43. The summed E-state index contributed by atoms with van der Waals surface area (Å²) in [5.74, 6) is -0.268. The first-order valence-electron chi connectivity index (χ1n) is 6.56. The van der Waals surface area contributed by atoms with Gasteiger partial charge >= 0.3 is 0 Å². The third-order valence-electron chi connectivity index (χ3n) is 2.75. The summed E-state index contributed by atoms with van der Waals surface area (Å²) in [5, 5.41) is 13.1. The summed E-state index contributed by atoms with van der Waals surface area (Å²) in [6.45, 7) is 2.85. The Kier molecular flexibility index (Phi) is 5.12. The number of nitrogens with zero attached hydrogens (tertiary/aromatic N) is 1. The van der Waals surface area contributed by atoms with E-state index in [1.165, 1.54) is 11.3 Å². The monoisotopic (exact) mass is 290 g/mol. The average Bonchev–Trinajstić information content (AvgIpc) is 2.87. The van der Waals surface area contributed by atoms with Crippen molar-refractivity contribution in [1.29, 1.82) is 0 Å². The number of carbonyl (C=O) groups is 1. The quantitative estimate of drug-likeness (QED) is 0.734. The first-order chi connectivity index (χ1) is 9.69. The summed E-state index contributed by atoms with van der Waals surface area (Å²) in [4.78, 5) is 14.8. The second-order valence-electron chi connectivity index (χ2n) is 4.42. The van der Waals surface area contributed by atoms with Crippen molar-refractivity contribution in [3.63, 3.8) is 0 Å². The molecule has 0 N–H and O–H groups in total. The van der Waals surface area contributed by atoms with E-state index >= 15 is 0 Å². The highest BCUT2D eigenvalue weighted by molar-refractivity contribution is 7.13. The Hall–Kier alpha value is -1.88. The van der Waals surface area contributed by atoms with Gasteiger partial charge in [0.05, 0.1) is 12.3 Å². The number of benzene rings is 1. The summed E-state index contributed by atoms with van der Waals surface area (Å²) in [6, 6.07) is 7.68. The maximum atomic E-state index is 10.5. The minimum absolute atomic E-state index is 0.144. The van der Waals surface area contributed by atoms with E-state index in [2.05, 4.69) is 11.9 Å². The van der Waals surface area contributed by atoms with Crippen molar-refractivity contribution in [2.24, 2.45) is 0 Å². The van der Waals surface area contributed by atoms with E-state index < -0.39 is 5.97 Å². The van der Waals surface area contributed by atoms with Crippen LogP contribution in [0.25, 0.3) is 10.6 Å². The lowest BCUT2D eigenvalue weighted by Gasteiger charge is -2.05. The number of aromatic nitrogens is 1. The number of aliphatic carboxylic acids is 1. The number of carbonyl (C=O) groups excluding carboxylic acids is 1. The van der Waals surface area contributed by atoms with E-state index in [-0.39, 0.29) is 6.42 Å². The minimum Gasteiger partial charge on any atom is -0.550 e. The van der Waals surface area contributed by atoms with Crippen LogP contribution in [0.15, 0.2) is 29.6 Å². The van der Waals surface area contributed by atoms with Gasteiger partial charge in [0.15, 0.2) is 0 Å². The van der Waals surface area contributed by atoms with Crippen LogP contribution in [-0.2, 0) is 11.2 Å². The molecular formula is C15H16NO3S-. The van der Waals surface area contributed by atoms with Crippen LogP contribution in [0.2, 0.25) is 0 Å². The molecule has 1 aromatic heterocycles. The second-order valence-corrected chi connectivity index (χ2v) is 5.28. The number of unbranched alkanes of at least 4 members (excludes halogenated alkanes) is 1. The topological polar surface area (TPSA) is 62.2 Å². The number of hydrogen-bond donors (Lipinski definition) is 0. The molecule has 1 aromatic carbocycles. The summed E-state index contributed by atoms with van der Waals surface area (Å²) in [7, 11) is 0. The molecule has 0 atom stereocenters. The molecule has 20 heavy (non-hydrogen) atoms. The van der Waals surface area contributed by atoms with Crippen molar-refractivity contribution >= 4 is 17.3 Å². The number of hydrogen-bond acceptors (Lipinski definition) is 5. The fourth-order valence-corrected chi connectivity index (χ4v) is 2.52. The summed E-state index contributed by atoms with van der Waals surface area (Å²) in [6.07, 6.45) is 2.01. The van der Waals surface area contributed by atoms with E-state index in [1.54, 1.807) is 5.38 Å². The zero-order valence-electron chi connectivity index (χ0n) is 11.3. The number of ether oxygens (including phenoxy) is 1. The van der Waals surface area contributed by atoms with Crippen LogP contribution in [0, 0.1) is 0 Å². The van der Waals surface area contributed by atoms with E-state index in [1.807, 2.05) is 24.3 Å². The van der Waals surface area contributed by atoms with E-state index in [9.17, 15) is 9.90 Å². The molecule has 1 heterocycles. The van der Waals surface area contributed by atoms with Gasteiger partial charge in [0.25, 0.3) is 0 Å². The predicted octanol–water partition coefficient (Wildman–Crippen LogP) is 2.28. The van der Waals surface area contributed by atoms with Crippen LogP contribution >= 0.6 is 11.3 Å². The van der Waals surface area contributed by atoms with E-state index in [0.717, 1.165) is 35.8 Å². The number of rotatable bonds is 7. The maximum Gasteiger partial charge on any atom is 0.123 e. The molecule has 0 aliphatic rings. The van der Waals surface area contributed by atoms with Crippen LogP contribution in [0.4, 0.5) is 0 Å². The average molecular weight is 290 g/mol. The van der Waals surface area contributed by atoms with Gasteiger partial charge in [-0.1, -0.05) is 13.3 Å². The highest BCUT2D eigenvalue weighted by Gasteiger charge is 2.05. The molecule has 0 spiro atoms. The Bertz CT molecular complexity index is 563. The fourth-order valence-electron chi connectivity index (χ4n) is 1.70. The Balaban J connectivity index is 2.02. The lowest BCUT2D eigenvalue weighted by atomic mass is 10.2. The van der Waals surface area contributed by atoms with Gasteiger partial charge in [-0.2, -0.15) is 0 Å². The zero-order valence-corrected chi connectivity index (χ0v) is 12.1. The van der Waals surface area contributed by atoms with Gasteiger partial charge in [0.1, 0.15) is 10.8 Å². The van der Waals surface area contributed by atoms with Crippen LogP contribution in [0.1, 0.15) is 25.5 Å². The second kappa shape index (κ2) is 7.05. The van der Waals surface area contributed by atoms with Crippen molar-refractivity contribution in [1.82, 2.24) is 4.98 Å². The van der Waals surface area contributed by atoms with Crippen LogP contribution in [0.3, 0.4) is 0 Å². The lowest BCUT2D eigenvalue weighted by Crippen LogP contribution is -2.24. The van der Waals surface area contributed by atoms with Gasteiger partial charge in [-0.15, -0.1) is 11.3 Å². The first-order valence-corrected chi connectivity index (χ1v) is 7.44. The van der Waals surface area contributed by atoms with Crippen molar-refractivity contribution in [2.45, 2.75) is 26.2 Å². The SMILES string of the molecule is CCCCOc1ccc(-c2nc(CC(=O)[O-])cs2)cc1. The Morgan fingerprint density at radius 2 is 2.10 bits per heavy atom. The highest BCUT2D eigenvalue weighted by Crippen LogP contribution is 2.26. The molecule has 0 amide bonds.